The lowest BCUT2D eigenvalue weighted by atomic mass is 10.1. The van der Waals surface area contributed by atoms with E-state index in [-0.39, 0.29) is 13.0 Å². The Labute approximate surface area is 267 Å². The van der Waals surface area contributed by atoms with E-state index in [9.17, 15) is 19.4 Å². The van der Waals surface area contributed by atoms with Crippen molar-refractivity contribution >= 4 is 13.8 Å². The van der Waals surface area contributed by atoms with E-state index in [0.29, 0.717) is 6.61 Å². The first-order chi connectivity index (χ1) is 21.3. The minimum atomic E-state index is -4.52. The molecular weight excluding hydrogens is 583 g/mol. The molecule has 10 heteroatoms. The van der Waals surface area contributed by atoms with Gasteiger partial charge in [-0.3, -0.25) is 13.8 Å². The van der Waals surface area contributed by atoms with Crippen molar-refractivity contribution in [2.75, 3.05) is 33.0 Å². The Balaban J connectivity index is 4.40. The molecule has 0 saturated carbocycles. The van der Waals surface area contributed by atoms with E-state index in [2.05, 4.69) is 67.0 Å². The van der Waals surface area contributed by atoms with Gasteiger partial charge in [0.05, 0.1) is 26.4 Å². The molecule has 256 valence electrons. The number of esters is 1. The van der Waals surface area contributed by atoms with Gasteiger partial charge in [-0.05, 0) is 44.9 Å². The normalized spacial score (nSPS) is 15.1. The summed E-state index contributed by atoms with van der Waals surface area (Å²) in [6.45, 7) is 3.19. The molecule has 0 amide bonds. The van der Waals surface area contributed by atoms with Crippen LogP contribution in [0.2, 0.25) is 0 Å². The molecule has 0 aliphatic rings. The van der Waals surface area contributed by atoms with Crippen LogP contribution in [0.5, 0.6) is 0 Å². The van der Waals surface area contributed by atoms with Crippen LogP contribution in [0.4, 0.5) is 0 Å². The lowest BCUT2D eigenvalue weighted by Crippen LogP contribution is -2.29. The second kappa shape index (κ2) is 31.4. The lowest BCUT2D eigenvalue weighted by Gasteiger charge is -2.20. The summed E-state index contributed by atoms with van der Waals surface area (Å²) in [4.78, 5) is 22.3. The quantitative estimate of drug-likeness (QED) is 0.0298. The Morgan fingerprint density at radius 3 is 1.86 bits per heavy atom. The number of unbranched alkanes of at least 4 members (excludes halogenated alkanes) is 9. The molecule has 0 heterocycles. The van der Waals surface area contributed by atoms with Gasteiger partial charge >= 0.3 is 13.8 Å². The van der Waals surface area contributed by atoms with Gasteiger partial charge in [-0.15, -0.1) is 0 Å². The standard InChI is InChI=1S/C34H61O9P/c1-3-5-7-9-11-13-14-15-16-17-19-21-23-25-27-40-30-33(31-42-44(38,39)41-29-32(36)28-35)43-34(37)26-24-22-20-18-12-10-8-6-4-2/h5,7,11,13,15-16,19,21,32-33,35-36H,3-4,6,8-10,12,14,17-18,20,22-31H2,1-2H3,(H,38,39)/b7-5-,13-11-,16-15-,21-19-. The van der Waals surface area contributed by atoms with E-state index in [1.165, 1.54) is 38.5 Å². The fraction of sp³-hybridized carbons (Fsp3) is 0.735. The van der Waals surface area contributed by atoms with Crippen LogP contribution in [0, 0.1) is 0 Å². The molecule has 0 aromatic rings. The van der Waals surface area contributed by atoms with Crippen LogP contribution in [0.1, 0.15) is 117 Å². The summed E-state index contributed by atoms with van der Waals surface area (Å²) in [7, 11) is -4.52. The highest BCUT2D eigenvalue weighted by molar-refractivity contribution is 7.47. The van der Waals surface area contributed by atoms with Crippen molar-refractivity contribution in [2.45, 2.75) is 129 Å². The number of phosphoric ester groups is 1. The minimum absolute atomic E-state index is 0.0109. The van der Waals surface area contributed by atoms with Crippen LogP contribution in [0.3, 0.4) is 0 Å². The summed E-state index contributed by atoms with van der Waals surface area (Å²) in [5.74, 6) is -0.408. The van der Waals surface area contributed by atoms with Crippen LogP contribution in [-0.2, 0) is 27.9 Å². The first-order valence-electron chi connectivity index (χ1n) is 16.6. The number of carbonyl (C=O) groups excluding carboxylic acids is 1. The molecule has 0 aliphatic carbocycles. The van der Waals surface area contributed by atoms with Crippen LogP contribution in [0.15, 0.2) is 48.6 Å². The molecule has 9 nitrogen and oxygen atoms in total. The van der Waals surface area contributed by atoms with E-state index in [1.54, 1.807) is 0 Å². The molecule has 0 fully saturated rings. The number of carbonyl (C=O) groups is 1. The highest BCUT2D eigenvalue weighted by Crippen LogP contribution is 2.43. The summed E-state index contributed by atoms with van der Waals surface area (Å²) in [6, 6.07) is 0. The molecule has 0 aromatic heterocycles. The number of ether oxygens (including phenoxy) is 2. The average Bonchev–Trinajstić information content (AvgIpc) is 3.01. The maximum atomic E-state index is 12.4. The van der Waals surface area contributed by atoms with Crippen molar-refractivity contribution in [2.24, 2.45) is 0 Å². The van der Waals surface area contributed by atoms with Crippen LogP contribution >= 0.6 is 7.82 Å². The molecule has 0 radical (unpaired) electrons. The fourth-order valence-corrected chi connectivity index (χ4v) is 4.79. The van der Waals surface area contributed by atoms with E-state index >= 15 is 0 Å². The Kier molecular flexibility index (Phi) is 30.3. The second-order valence-corrected chi connectivity index (χ2v) is 12.3. The maximum Gasteiger partial charge on any atom is 0.472 e. The Morgan fingerprint density at radius 2 is 1.27 bits per heavy atom. The number of allylic oxidation sites excluding steroid dienone is 8. The van der Waals surface area contributed by atoms with Gasteiger partial charge < -0.3 is 24.6 Å². The molecule has 0 aliphatic heterocycles. The molecule has 3 atom stereocenters. The molecule has 0 rings (SSSR count). The summed E-state index contributed by atoms with van der Waals surface area (Å²) < 4.78 is 33.0. The number of aliphatic hydroxyl groups excluding tert-OH is 2. The molecule has 0 spiro atoms. The highest BCUT2D eigenvalue weighted by atomic mass is 31.2. The van der Waals surface area contributed by atoms with Gasteiger partial charge in [0, 0.05) is 13.0 Å². The van der Waals surface area contributed by atoms with Gasteiger partial charge in [-0.25, -0.2) is 4.57 Å². The van der Waals surface area contributed by atoms with E-state index < -0.39 is 45.8 Å². The topological polar surface area (TPSA) is 132 Å². The Morgan fingerprint density at radius 1 is 0.727 bits per heavy atom. The fourth-order valence-electron chi connectivity index (χ4n) is 4.00. The smallest absolute Gasteiger partial charge is 0.457 e. The van der Waals surface area contributed by atoms with Gasteiger partial charge in [0.25, 0.3) is 0 Å². The monoisotopic (exact) mass is 644 g/mol. The number of hydrogen-bond donors (Lipinski definition) is 3. The number of hydrogen-bond acceptors (Lipinski definition) is 8. The zero-order valence-electron chi connectivity index (χ0n) is 27.4. The number of aliphatic hydroxyl groups is 2. The Hall–Kier alpha value is -1.58. The van der Waals surface area contributed by atoms with Crippen LogP contribution in [0.25, 0.3) is 0 Å². The molecule has 0 bridgehead atoms. The second-order valence-electron chi connectivity index (χ2n) is 10.8. The zero-order valence-corrected chi connectivity index (χ0v) is 28.3. The SMILES string of the molecule is CC/C=C\C/C=C\C/C=C\C/C=C\CCCOCC(COP(=O)(O)OCC(O)CO)OC(=O)CCCCCCCCCCC. The predicted molar refractivity (Wildman–Crippen MR) is 177 cm³/mol. The predicted octanol–water partition coefficient (Wildman–Crippen LogP) is 7.91. The number of rotatable bonds is 31. The van der Waals surface area contributed by atoms with Crippen molar-refractivity contribution in [3.05, 3.63) is 48.6 Å². The molecule has 3 unspecified atom stereocenters. The van der Waals surface area contributed by atoms with Gasteiger partial charge in [-0.2, -0.15) is 0 Å². The summed E-state index contributed by atoms with van der Waals surface area (Å²) in [5.41, 5.74) is 0. The largest absolute Gasteiger partial charge is 0.472 e. The van der Waals surface area contributed by atoms with E-state index in [1.807, 2.05) is 0 Å². The molecule has 44 heavy (non-hydrogen) atoms. The first kappa shape index (κ1) is 42.4. The minimum Gasteiger partial charge on any atom is -0.457 e. The third kappa shape index (κ3) is 30.4. The van der Waals surface area contributed by atoms with Crippen LogP contribution < -0.4 is 0 Å². The molecular formula is C34H61O9P. The molecule has 0 aromatic carbocycles. The number of phosphoric acid groups is 1. The van der Waals surface area contributed by atoms with Crippen molar-refractivity contribution < 1.29 is 43.0 Å². The van der Waals surface area contributed by atoms with Crippen molar-refractivity contribution in [1.82, 2.24) is 0 Å². The Bertz CT molecular complexity index is 826. The zero-order chi connectivity index (χ0) is 32.6. The summed E-state index contributed by atoms with van der Waals surface area (Å²) in [5, 5.41) is 18.2. The first-order valence-corrected chi connectivity index (χ1v) is 18.1. The van der Waals surface area contributed by atoms with Crippen molar-refractivity contribution in [3.63, 3.8) is 0 Å². The molecule has 0 saturated heterocycles. The van der Waals surface area contributed by atoms with Gasteiger partial charge in [0.15, 0.2) is 0 Å². The van der Waals surface area contributed by atoms with Gasteiger partial charge in [-0.1, -0.05) is 114 Å². The maximum absolute atomic E-state index is 12.4. The third-order valence-electron chi connectivity index (χ3n) is 6.53. The van der Waals surface area contributed by atoms with E-state index in [0.717, 1.165) is 57.8 Å². The average molecular weight is 645 g/mol. The third-order valence-corrected chi connectivity index (χ3v) is 7.48. The van der Waals surface area contributed by atoms with Crippen LogP contribution in [-0.4, -0.2) is 66.3 Å². The van der Waals surface area contributed by atoms with Gasteiger partial charge in [0.1, 0.15) is 12.2 Å². The van der Waals surface area contributed by atoms with Gasteiger partial charge in [0.2, 0.25) is 0 Å². The van der Waals surface area contributed by atoms with Crippen molar-refractivity contribution in [1.29, 1.82) is 0 Å². The molecule has 3 N–H and O–H groups in total. The summed E-state index contributed by atoms with van der Waals surface area (Å²) >= 11 is 0. The van der Waals surface area contributed by atoms with E-state index in [4.69, 9.17) is 19.1 Å². The van der Waals surface area contributed by atoms with Crippen molar-refractivity contribution in [3.8, 4) is 0 Å². The summed E-state index contributed by atoms with van der Waals surface area (Å²) in [6.07, 6.45) is 30.9. The lowest BCUT2D eigenvalue weighted by molar-refractivity contribution is -0.154. The highest BCUT2D eigenvalue weighted by Gasteiger charge is 2.26.